The molecule has 0 aliphatic heterocycles. The van der Waals surface area contributed by atoms with E-state index in [4.69, 9.17) is 4.74 Å². The predicted molar refractivity (Wildman–Crippen MR) is 92.0 cm³/mol. The van der Waals surface area contributed by atoms with Crippen LogP contribution >= 0.6 is 0 Å². The molecule has 130 valence electrons. The van der Waals surface area contributed by atoms with Gasteiger partial charge in [-0.05, 0) is 42.8 Å². The summed E-state index contributed by atoms with van der Waals surface area (Å²) in [5.74, 6) is -0.219. The van der Waals surface area contributed by atoms with Crippen molar-refractivity contribution >= 4 is 17.8 Å². The van der Waals surface area contributed by atoms with E-state index in [0.29, 0.717) is 17.7 Å². The Hall–Kier alpha value is -3.42. The fourth-order valence-corrected chi connectivity index (χ4v) is 1.93. The Labute approximate surface area is 143 Å². The fourth-order valence-electron chi connectivity index (χ4n) is 1.93. The lowest BCUT2D eigenvalue weighted by Gasteiger charge is -2.05. The average Bonchev–Trinajstić information content (AvgIpc) is 2.60. The van der Waals surface area contributed by atoms with Crippen molar-refractivity contribution in [2.45, 2.75) is 13.3 Å². The van der Waals surface area contributed by atoms with Gasteiger partial charge in [0.15, 0.2) is 5.75 Å². The summed E-state index contributed by atoms with van der Waals surface area (Å²) in [6, 6.07) is 10.1. The minimum atomic E-state index is -0.530. The maximum absolute atomic E-state index is 11.9. The van der Waals surface area contributed by atoms with E-state index in [0.717, 1.165) is 6.42 Å². The van der Waals surface area contributed by atoms with Gasteiger partial charge in [-0.2, -0.15) is 5.10 Å². The minimum Gasteiger partial charge on any atom is -0.508 e. The first-order chi connectivity index (χ1) is 12.0. The number of aromatic hydroxyl groups is 1. The third kappa shape index (κ3) is 5.03. The van der Waals surface area contributed by atoms with E-state index in [9.17, 15) is 20.0 Å². The number of ether oxygens (including phenoxy) is 1. The van der Waals surface area contributed by atoms with Gasteiger partial charge < -0.3 is 9.84 Å². The molecule has 0 aliphatic rings. The summed E-state index contributed by atoms with van der Waals surface area (Å²) in [5, 5.41) is 24.1. The van der Waals surface area contributed by atoms with E-state index >= 15 is 0 Å². The summed E-state index contributed by atoms with van der Waals surface area (Å²) in [4.78, 5) is 22.5. The Kier molecular flexibility index (Phi) is 6.05. The Bertz CT molecular complexity index is 787. The molecule has 0 saturated heterocycles. The first-order valence-electron chi connectivity index (χ1n) is 7.55. The number of carbonyl (C=O) groups excluding carboxylic acids is 1. The SMILES string of the molecule is CCCOc1ccc(/C=N\NC(=O)c2ccc(O)cc2)cc1[N+](=O)[O-]. The molecular formula is C17H17N3O5. The molecule has 0 bridgehead atoms. The molecule has 1 amide bonds. The molecule has 2 aromatic rings. The second kappa shape index (κ2) is 8.44. The number of nitrogens with zero attached hydrogens (tertiary/aromatic N) is 2. The van der Waals surface area contributed by atoms with Crippen molar-refractivity contribution in [1.82, 2.24) is 5.43 Å². The van der Waals surface area contributed by atoms with Crippen molar-refractivity contribution in [3.8, 4) is 11.5 Å². The summed E-state index contributed by atoms with van der Waals surface area (Å²) in [6.07, 6.45) is 2.04. The van der Waals surface area contributed by atoms with Crippen LogP contribution in [0.4, 0.5) is 5.69 Å². The van der Waals surface area contributed by atoms with Gasteiger partial charge in [0.25, 0.3) is 5.91 Å². The minimum absolute atomic E-state index is 0.0535. The average molecular weight is 343 g/mol. The highest BCUT2D eigenvalue weighted by atomic mass is 16.6. The molecule has 0 atom stereocenters. The molecule has 0 fully saturated rings. The molecule has 0 heterocycles. The van der Waals surface area contributed by atoms with Crippen molar-refractivity contribution in [3.63, 3.8) is 0 Å². The second-order valence-corrected chi connectivity index (χ2v) is 5.08. The monoisotopic (exact) mass is 343 g/mol. The highest BCUT2D eigenvalue weighted by Crippen LogP contribution is 2.27. The number of rotatable bonds is 7. The number of benzene rings is 2. The van der Waals surface area contributed by atoms with Crippen molar-refractivity contribution in [2.75, 3.05) is 6.61 Å². The normalized spacial score (nSPS) is 10.6. The highest BCUT2D eigenvalue weighted by molar-refractivity contribution is 5.95. The maximum Gasteiger partial charge on any atom is 0.311 e. The van der Waals surface area contributed by atoms with Crippen molar-refractivity contribution in [3.05, 3.63) is 63.7 Å². The lowest BCUT2D eigenvalue weighted by Crippen LogP contribution is -2.17. The molecule has 2 aromatic carbocycles. The largest absolute Gasteiger partial charge is 0.508 e. The van der Waals surface area contributed by atoms with Gasteiger partial charge in [0.05, 0.1) is 17.7 Å². The van der Waals surface area contributed by atoms with Crippen LogP contribution in [-0.4, -0.2) is 28.8 Å². The number of amides is 1. The zero-order valence-corrected chi connectivity index (χ0v) is 13.5. The van der Waals surface area contributed by atoms with Gasteiger partial charge in [-0.3, -0.25) is 14.9 Å². The molecule has 8 nitrogen and oxygen atoms in total. The van der Waals surface area contributed by atoms with Crippen LogP contribution in [0.25, 0.3) is 0 Å². The maximum atomic E-state index is 11.9. The van der Waals surface area contributed by atoms with Gasteiger partial charge >= 0.3 is 5.69 Å². The molecule has 0 aromatic heterocycles. The first-order valence-corrected chi connectivity index (χ1v) is 7.55. The van der Waals surface area contributed by atoms with Crippen molar-refractivity contribution in [2.24, 2.45) is 5.10 Å². The lowest BCUT2D eigenvalue weighted by molar-refractivity contribution is -0.385. The van der Waals surface area contributed by atoms with Crippen LogP contribution in [0, 0.1) is 10.1 Å². The van der Waals surface area contributed by atoms with E-state index in [1.807, 2.05) is 6.92 Å². The van der Waals surface area contributed by atoms with Gasteiger partial charge in [-0.25, -0.2) is 5.43 Å². The summed E-state index contributed by atoms with van der Waals surface area (Å²) in [5.41, 5.74) is 2.92. The first kappa shape index (κ1) is 17.9. The van der Waals surface area contributed by atoms with Gasteiger partial charge in [0, 0.05) is 17.2 Å². The van der Waals surface area contributed by atoms with Gasteiger partial charge in [0.2, 0.25) is 0 Å². The van der Waals surface area contributed by atoms with Crippen molar-refractivity contribution < 1.29 is 19.6 Å². The fraction of sp³-hybridized carbons (Fsp3) is 0.176. The molecule has 0 saturated carbocycles. The Balaban J connectivity index is 2.07. The summed E-state index contributed by atoms with van der Waals surface area (Å²) < 4.78 is 5.34. The van der Waals surface area contributed by atoms with E-state index in [1.54, 1.807) is 6.07 Å². The molecular weight excluding hydrogens is 326 g/mol. The summed E-state index contributed by atoms with van der Waals surface area (Å²) in [7, 11) is 0. The van der Waals surface area contributed by atoms with Crippen LogP contribution in [0.2, 0.25) is 0 Å². The molecule has 8 heteroatoms. The van der Waals surface area contributed by atoms with Gasteiger partial charge in [-0.1, -0.05) is 6.92 Å². The highest BCUT2D eigenvalue weighted by Gasteiger charge is 2.15. The number of phenols is 1. The molecule has 2 rings (SSSR count). The Morgan fingerprint density at radius 3 is 2.68 bits per heavy atom. The van der Waals surface area contributed by atoms with Crippen LogP contribution in [0.3, 0.4) is 0 Å². The number of hydrazone groups is 1. The standard InChI is InChI=1S/C17H17N3O5/c1-2-9-25-16-8-3-12(10-15(16)20(23)24)11-18-19-17(22)13-4-6-14(21)7-5-13/h3-8,10-11,21H,2,9H2,1H3,(H,19,22)/b18-11-. The molecule has 0 radical (unpaired) electrons. The predicted octanol–water partition coefficient (Wildman–Crippen LogP) is 2.85. The van der Waals surface area contributed by atoms with Crippen molar-refractivity contribution in [1.29, 1.82) is 0 Å². The van der Waals surface area contributed by atoms with Crippen LogP contribution in [-0.2, 0) is 0 Å². The summed E-state index contributed by atoms with van der Waals surface area (Å²) in [6.45, 7) is 2.29. The Morgan fingerprint density at radius 1 is 1.32 bits per heavy atom. The lowest BCUT2D eigenvalue weighted by atomic mass is 10.2. The van der Waals surface area contributed by atoms with Gasteiger partial charge in [-0.15, -0.1) is 0 Å². The number of nitro groups is 1. The third-order valence-corrected chi connectivity index (χ3v) is 3.15. The van der Waals surface area contributed by atoms with Crippen LogP contribution in [0.1, 0.15) is 29.3 Å². The number of carbonyl (C=O) groups is 1. The molecule has 0 aliphatic carbocycles. The zero-order chi connectivity index (χ0) is 18.2. The quantitative estimate of drug-likeness (QED) is 0.456. The number of nitro benzene ring substituents is 1. The number of phenolic OH excluding ortho intramolecular Hbond substituents is 1. The molecule has 25 heavy (non-hydrogen) atoms. The third-order valence-electron chi connectivity index (χ3n) is 3.15. The number of hydrogen-bond acceptors (Lipinski definition) is 6. The van der Waals surface area contributed by atoms with Crippen LogP contribution in [0.5, 0.6) is 11.5 Å². The van der Waals surface area contributed by atoms with Gasteiger partial charge in [0.1, 0.15) is 5.75 Å². The topological polar surface area (TPSA) is 114 Å². The number of nitrogens with one attached hydrogen (secondary N) is 1. The van der Waals surface area contributed by atoms with Crippen LogP contribution in [0.15, 0.2) is 47.6 Å². The van der Waals surface area contributed by atoms with Crippen LogP contribution < -0.4 is 10.2 Å². The van der Waals surface area contributed by atoms with E-state index in [-0.39, 0.29) is 17.2 Å². The van der Waals surface area contributed by atoms with E-state index < -0.39 is 10.8 Å². The molecule has 2 N–H and O–H groups in total. The second-order valence-electron chi connectivity index (χ2n) is 5.08. The van der Waals surface area contributed by atoms with E-state index in [2.05, 4.69) is 10.5 Å². The molecule has 0 unspecified atom stereocenters. The number of hydrogen-bond donors (Lipinski definition) is 2. The van der Waals surface area contributed by atoms with E-state index in [1.165, 1.54) is 42.6 Å². The smallest absolute Gasteiger partial charge is 0.311 e. The molecule has 0 spiro atoms. The zero-order valence-electron chi connectivity index (χ0n) is 13.5. The Morgan fingerprint density at radius 2 is 2.04 bits per heavy atom. The summed E-state index contributed by atoms with van der Waals surface area (Å²) >= 11 is 0.